The summed E-state index contributed by atoms with van der Waals surface area (Å²) in [5.74, 6) is -16.0. The second kappa shape index (κ2) is 5.07. The molecule has 140 valence electrons. The van der Waals surface area contributed by atoms with Gasteiger partial charge in [-0.15, -0.1) is 0 Å². The monoisotopic (exact) mass is 366 g/mol. The summed E-state index contributed by atoms with van der Waals surface area (Å²) in [6.45, 7) is -1.10. The number of carbonyl (C=O) groups is 3. The van der Waals surface area contributed by atoms with Crippen molar-refractivity contribution in [3.63, 3.8) is 0 Å². The summed E-state index contributed by atoms with van der Waals surface area (Å²) >= 11 is 0. The SMILES string of the molecule is O=C1CC2(O)CC(=O)OC3(O)C(O)C(CO)OC(O)(O1)C3(O)OC2=O. The fourth-order valence-corrected chi connectivity index (χ4v) is 2.84. The lowest BCUT2D eigenvalue weighted by Crippen LogP contribution is -2.84. The predicted molar refractivity (Wildman–Crippen MR) is 65.3 cm³/mol. The van der Waals surface area contributed by atoms with E-state index in [1.807, 2.05) is 0 Å². The van der Waals surface area contributed by atoms with Crippen LogP contribution >= 0.6 is 0 Å². The number of esters is 3. The normalized spacial score (nSPS) is 49.9. The molecule has 13 nitrogen and oxygen atoms in total. The molecule has 3 aliphatic rings. The molecule has 3 fully saturated rings. The Kier molecular flexibility index (Phi) is 3.64. The lowest BCUT2D eigenvalue weighted by atomic mass is 9.86. The molecule has 0 saturated carbocycles. The zero-order valence-electron chi connectivity index (χ0n) is 12.3. The highest BCUT2D eigenvalue weighted by Gasteiger charge is 2.82. The molecule has 0 aromatic heterocycles. The first-order valence-corrected chi connectivity index (χ1v) is 6.94. The van der Waals surface area contributed by atoms with E-state index in [1.54, 1.807) is 0 Å². The minimum absolute atomic E-state index is 1.10. The molecule has 3 saturated heterocycles. The average Bonchev–Trinajstić information content (AvgIpc) is 2.47. The molecule has 25 heavy (non-hydrogen) atoms. The molecular weight excluding hydrogens is 352 g/mol. The van der Waals surface area contributed by atoms with Crippen LogP contribution in [-0.4, -0.2) is 90.5 Å². The van der Waals surface area contributed by atoms with Crippen LogP contribution in [0.4, 0.5) is 0 Å². The lowest BCUT2D eigenvalue weighted by molar-refractivity contribution is -0.561. The first-order valence-electron chi connectivity index (χ1n) is 6.94. The number of ether oxygens (including phenoxy) is 4. The van der Waals surface area contributed by atoms with Crippen molar-refractivity contribution < 1.29 is 64.0 Å². The number of carbonyl (C=O) groups excluding carboxylic acids is 3. The highest BCUT2D eigenvalue weighted by molar-refractivity contribution is 5.91. The number of fused-ring (bicyclic) bond motifs is 2. The Morgan fingerprint density at radius 2 is 1.52 bits per heavy atom. The van der Waals surface area contributed by atoms with E-state index in [9.17, 15) is 45.0 Å². The van der Waals surface area contributed by atoms with Gasteiger partial charge >= 0.3 is 35.5 Å². The van der Waals surface area contributed by atoms with Crippen molar-refractivity contribution in [1.29, 1.82) is 0 Å². The third-order valence-electron chi connectivity index (χ3n) is 4.17. The van der Waals surface area contributed by atoms with Crippen molar-refractivity contribution in [2.75, 3.05) is 6.61 Å². The van der Waals surface area contributed by atoms with Crippen LogP contribution in [0.3, 0.4) is 0 Å². The number of hydrogen-bond acceptors (Lipinski definition) is 13. The molecule has 0 aromatic carbocycles. The van der Waals surface area contributed by atoms with E-state index in [0.29, 0.717) is 0 Å². The maximum atomic E-state index is 12.1. The summed E-state index contributed by atoms with van der Waals surface area (Å²) < 4.78 is 18.1. The first-order chi connectivity index (χ1) is 11.4. The van der Waals surface area contributed by atoms with Crippen LogP contribution in [0.1, 0.15) is 12.8 Å². The van der Waals surface area contributed by atoms with Gasteiger partial charge in [0.1, 0.15) is 6.10 Å². The molecule has 6 unspecified atom stereocenters. The fourth-order valence-electron chi connectivity index (χ4n) is 2.84. The minimum Gasteiger partial charge on any atom is -0.422 e. The number of aliphatic hydroxyl groups excluding tert-OH is 2. The van der Waals surface area contributed by atoms with Gasteiger partial charge in [-0.2, -0.15) is 0 Å². The van der Waals surface area contributed by atoms with Gasteiger partial charge in [-0.05, 0) is 0 Å². The summed E-state index contributed by atoms with van der Waals surface area (Å²) in [7, 11) is 0. The zero-order valence-corrected chi connectivity index (χ0v) is 12.3. The molecule has 6 atom stereocenters. The molecule has 0 spiro atoms. The topological polar surface area (TPSA) is 210 Å². The van der Waals surface area contributed by atoms with Crippen molar-refractivity contribution in [3.05, 3.63) is 0 Å². The molecule has 0 aliphatic carbocycles. The van der Waals surface area contributed by atoms with Crippen LogP contribution in [-0.2, 0) is 33.3 Å². The summed E-state index contributed by atoms with van der Waals surface area (Å²) in [6.07, 6.45) is -6.78. The van der Waals surface area contributed by atoms with Crippen molar-refractivity contribution in [2.24, 2.45) is 0 Å². The van der Waals surface area contributed by atoms with Gasteiger partial charge < -0.3 is 49.6 Å². The van der Waals surface area contributed by atoms with Crippen LogP contribution in [0, 0.1) is 0 Å². The molecular formula is C12H14O13. The van der Waals surface area contributed by atoms with Crippen LogP contribution in [0.5, 0.6) is 0 Å². The first kappa shape index (κ1) is 17.9. The van der Waals surface area contributed by atoms with Crippen molar-refractivity contribution in [2.45, 2.75) is 48.2 Å². The van der Waals surface area contributed by atoms with E-state index in [-0.39, 0.29) is 0 Å². The number of rotatable bonds is 1. The Labute approximate surface area is 137 Å². The molecule has 0 aromatic rings. The highest BCUT2D eigenvalue weighted by atomic mass is 16.9. The van der Waals surface area contributed by atoms with E-state index in [4.69, 9.17) is 0 Å². The third-order valence-corrected chi connectivity index (χ3v) is 4.17. The van der Waals surface area contributed by atoms with Gasteiger partial charge in [0.25, 0.3) is 0 Å². The van der Waals surface area contributed by atoms with Gasteiger partial charge in [0, 0.05) is 0 Å². The van der Waals surface area contributed by atoms with Crippen molar-refractivity contribution in [3.8, 4) is 0 Å². The molecule has 3 aliphatic heterocycles. The standard InChI is InChI=1S/C12H14O13/c13-3-4-7(16)10(19)11(20)12(21,22-4)24-6(15)2-9(18,8(17)25-11)1-5(14)23-10/h4,7,13,16,18-21H,1-3H2. The summed E-state index contributed by atoms with van der Waals surface area (Å²) in [5.41, 5.74) is -2.83. The molecule has 0 radical (unpaired) electrons. The Morgan fingerprint density at radius 1 is 0.960 bits per heavy atom. The number of hydrogen-bond donors (Lipinski definition) is 6. The maximum Gasteiger partial charge on any atom is 0.404 e. The maximum absolute atomic E-state index is 12.1. The van der Waals surface area contributed by atoms with Crippen LogP contribution in [0.15, 0.2) is 0 Å². The summed E-state index contributed by atoms with van der Waals surface area (Å²) in [5, 5.41) is 60.9. The Balaban J connectivity index is 2.26. The van der Waals surface area contributed by atoms with Crippen LogP contribution in [0.2, 0.25) is 0 Å². The zero-order chi connectivity index (χ0) is 18.8. The molecule has 13 heteroatoms. The van der Waals surface area contributed by atoms with Gasteiger partial charge in [0.05, 0.1) is 19.4 Å². The van der Waals surface area contributed by atoms with E-state index in [1.165, 1.54) is 0 Å². The van der Waals surface area contributed by atoms with Gasteiger partial charge in [0.2, 0.25) is 0 Å². The lowest BCUT2D eigenvalue weighted by Gasteiger charge is -2.56. The number of aliphatic hydroxyl groups is 6. The smallest absolute Gasteiger partial charge is 0.404 e. The Morgan fingerprint density at radius 3 is 2.08 bits per heavy atom. The van der Waals surface area contributed by atoms with Crippen molar-refractivity contribution in [1.82, 2.24) is 0 Å². The van der Waals surface area contributed by atoms with Gasteiger partial charge in [-0.1, -0.05) is 0 Å². The molecule has 0 amide bonds. The second-order valence-corrected chi connectivity index (χ2v) is 5.93. The quantitative estimate of drug-likeness (QED) is 0.190. The average molecular weight is 366 g/mol. The fraction of sp³-hybridized carbons (Fsp3) is 0.750. The largest absolute Gasteiger partial charge is 0.422 e. The van der Waals surface area contributed by atoms with Gasteiger partial charge in [-0.25, -0.2) is 4.79 Å². The molecule has 6 N–H and O–H groups in total. The van der Waals surface area contributed by atoms with E-state index < -0.39 is 72.7 Å². The predicted octanol–water partition coefficient (Wildman–Crippen LogP) is -5.07. The molecule has 3 heterocycles. The Bertz CT molecular complexity index is 649. The second-order valence-electron chi connectivity index (χ2n) is 5.93. The molecule has 3 rings (SSSR count). The van der Waals surface area contributed by atoms with Crippen LogP contribution < -0.4 is 0 Å². The highest BCUT2D eigenvalue weighted by Crippen LogP contribution is 2.49. The van der Waals surface area contributed by atoms with E-state index >= 15 is 0 Å². The third kappa shape index (κ3) is 2.18. The molecule has 2 bridgehead atoms. The minimum atomic E-state index is -3.89. The van der Waals surface area contributed by atoms with E-state index in [0.717, 1.165) is 0 Å². The van der Waals surface area contributed by atoms with Crippen LogP contribution in [0.25, 0.3) is 0 Å². The summed E-state index contributed by atoms with van der Waals surface area (Å²) in [4.78, 5) is 35.9. The summed E-state index contributed by atoms with van der Waals surface area (Å²) in [6, 6.07) is 0. The van der Waals surface area contributed by atoms with Gasteiger partial charge in [-0.3, -0.25) is 9.59 Å². The Hall–Kier alpha value is -1.87. The van der Waals surface area contributed by atoms with Gasteiger partial charge in [0.15, 0.2) is 11.7 Å². The van der Waals surface area contributed by atoms with E-state index in [2.05, 4.69) is 18.9 Å². The van der Waals surface area contributed by atoms with Crippen molar-refractivity contribution >= 4 is 17.9 Å².